The van der Waals surface area contributed by atoms with E-state index in [1.165, 1.54) is 17.4 Å². The van der Waals surface area contributed by atoms with Gasteiger partial charge >= 0.3 is 0 Å². The van der Waals surface area contributed by atoms with Crippen molar-refractivity contribution < 1.29 is 14.0 Å². The van der Waals surface area contributed by atoms with Gasteiger partial charge in [-0.15, -0.1) is 0 Å². The third-order valence-corrected chi connectivity index (χ3v) is 4.82. The number of carbonyl (C=O) groups excluding carboxylic acids is 2. The lowest BCUT2D eigenvalue weighted by Gasteiger charge is -2.31. The van der Waals surface area contributed by atoms with Crippen molar-refractivity contribution in [2.24, 2.45) is 0 Å². The molecule has 1 fully saturated rings. The summed E-state index contributed by atoms with van der Waals surface area (Å²) >= 11 is 0. The molecule has 25 heavy (non-hydrogen) atoms. The van der Waals surface area contributed by atoms with Crippen LogP contribution in [0.2, 0.25) is 0 Å². The molecule has 2 aromatic rings. The van der Waals surface area contributed by atoms with Gasteiger partial charge < -0.3 is 14.6 Å². The Bertz CT molecular complexity index is 744. The minimum absolute atomic E-state index is 0.0408. The third kappa shape index (κ3) is 4.29. The van der Waals surface area contributed by atoms with Crippen LogP contribution in [0.3, 0.4) is 0 Å². The zero-order valence-corrected chi connectivity index (χ0v) is 14.7. The Hall–Kier alpha value is -2.56. The highest BCUT2D eigenvalue weighted by Gasteiger charge is 2.25. The molecular formula is C20H24N2O3. The van der Waals surface area contributed by atoms with Crippen LogP contribution in [0.5, 0.6) is 0 Å². The predicted molar refractivity (Wildman–Crippen MR) is 95.4 cm³/mol. The number of likely N-dealkylation sites (tertiary alicyclic amines) is 1. The smallest absolute Gasteiger partial charge is 0.289 e. The first-order valence-electron chi connectivity index (χ1n) is 8.71. The van der Waals surface area contributed by atoms with Crippen LogP contribution in [0.4, 0.5) is 0 Å². The highest BCUT2D eigenvalue weighted by atomic mass is 16.3. The number of hydrogen-bond acceptors (Lipinski definition) is 3. The maximum absolute atomic E-state index is 12.3. The molecule has 5 nitrogen and oxygen atoms in total. The molecule has 0 unspecified atom stereocenters. The van der Waals surface area contributed by atoms with Crippen LogP contribution in [0, 0.1) is 13.8 Å². The lowest BCUT2D eigenvalue weighted by molar-refractivity contribution is -0.121. The number of benzene rings is 1. The van der Waals surface area contributed by atoms with Crippen molar-refractivity contribution in [3.05, 3.63) is 59.0 Å². The highest BCUT2D eigenvalue weighted by molar-refractivity contribution is 5.91. The number of piperidine rings is 1. The van der Waals surface area contributed by atoms with Gasteiger partial charge in [0.2, 0.25) is 5.91 Å². The Labute approximate surface area is 148 Å². The topological polar surface area (TPSA) is 62.6 Å². The molecule has 5 heteroatoms. The fourth-order valence-electron chi connectivity index (χ4n) is 3.16. The van der Waals surface area contributed by atoms with E-state index in [0.717, 1.165) is 18.4 Å². The molecule has 1 aromatic carbocycles. The summed E-state index contributed by atoms with van der Waals surface area (Å²) in [6, 6.07) is 9.65. The van der Waals surface area contributed by atoms with E-state index in [1.54, 1.807) is 17.0 Å². The van der Waals surface area contributed by atoms with Gasteiger partial charge in [-0.1, -0.05) is 18.2 Å². The number of nitrogens with one attached hydrogen (secondary N) is 1. The van der Waals surface area contributed by atoms with E-state index < -0.39 is 0 Å². The lowest BCUT2D eigenvalue weighted by Crippen LogP contribution is -2.46. The first-order valence-corrected chi connectivity index (χ1v) is 8.71. The van der Waals surface area contributed by atoms with E-state index in [1.807, 2.05) is 6.07 Å². The summed E-state index contributed by atoms with van der Waals surface area (Å²) in [6.07, 6.45) is 3.44. The molecule has 0 aliphatic carbocycles. The molecule has 2 amide bonds. The molecule has 2 heterocycles. The van der Waals surface area contributed by atoms with Crippen LogP contribution >= 0.6 is 0 Å². The maximum atomic E-state index is 12.3. The van der Waals surface area contributed by atoms with Crippen LogP contribution in [0.25, 0.3) is 0 Å². The molecule has 0 atom stereocenters. The molecular weight excluding hydrogens is 316 g/mol. The second kappa shape index (κ2) is 7.55. The monoisotopic (exact) mass is 340 g/mol. The normalized spacial score (nSPS) is 15.2. The van der Waals surface area contributed by atoms with Crippen LogP contribution in [0.15, 0.2) is 41.0 Å². The lowest BCUT2D eigenvalue weighted by atomic mass is 10.0. The quantitative estimate of drug-likeness (QED) is 0.931. The first-order chi connectivity index (χ1) is 12.0. The number of aryl methyl sites for hydroxylation is 2. The number of nitrogens with zero attached hydrogens (tertiary/aromatic N) is 1. The Morgan fingerprint density at radius 3 is 2.56 bits per heavy atom. The molecule has 1 aromatic heterocycles. The summed E-state index contributed by atoms with van der Waals surface area (Å²) in [5.74, 6) is 0.334. The van der Waals surface area contributed by atoms with Crippen molar-refractivity contribution in [1.29, 1.82) is 0 Å². The minimum Gasteiger partial charge on any atom is -0.459 e. The number of carbonyl (C=O) groups is 2. The first kappa shape index (κ1) is 17.3. The Morgan fingerprint density at radius 1 is 1.16 bits per heavy atom. The molecule has 132 valence electrons. The predicted octanol–water partition coefficient (Wildman–Crippen LogP) is 2.86. The molecule has 1 N–H and O–H groups in total. The van der Waals surface area contributed by atoms with Gasteiger partial charge in [0.15, 0.2) is 5.76 Å². The zero-order valence-electron chi connectivity index (χ0n) is 14.7. The second-order valence-corrected chi connectivity index (χ2v) is 6.71. The van der Waals surface area contributed by atoms with Crippen molar-refractivity contribution in [3.8, 4) is 0 Å². The minimum atomic E-state index is -0.0788. The van der Waals surface area contributed by atoms with E-state index in [4.69, 9.17) is 4.42 Å². The molecule has 0 radical (unpaired) electrons. The summed E-state index contributed by atoms with van der Waals surface area (Å²) < 4.78 is 5.16. The average Bonchev–Trinajstić information content (AvgIpc) is 3.13. The van der Waals surface area contributed by atoms with Crippen LogP contribution in [-0.2, 0) is 11.2 Å². The maximum Gasteiger partial charge on any atom is 0.289 e. The third-order valence-electron chi connectivity index (χ3n) is 4.82. The number of amides is 2. The zero-order chi connectivity index (χ0) is 17.8. The summed E-state index contributed by atoms with van der Waals surface area (Å²) in [4.78, 5) is 26.3. The fraction of sp³-hybridized carbons (Fsp3) is 0.400. The Morgan fingerprint density at radius 2 is 1.92 bits per heavy atom. The molecule has 0 spiro atoms. The van der Waals surface area contributed by atoms with Crippen LogP contribution in [-0.4, -0.2) is 35.8 Å². The molecule has 0 bridgehead atoms. The van der Waals surface area contributed by atoms with Crippen molar-refractivity contribution in [3.63, 3.8) is 0 Å². The summed E-state index contributed by atoms with van der Waals surface area (Å²) in [7, 11) is 0. The van der Waals surface area contributed by atoms with E-state index in [9.17, 15) is 9.59 Å². The Kier molecular flexibility index (Phi) is 5.22. The summed E-state index contributed by atoms with van der Waals surface area (Å²) in [6.45, 7) is 5.39. The second-order valence-electron chi connectivity index (χ2n) is 6.71. The molecule has 0 saturated carbocycles. The van der Waals surface area contributed by atoms with Crippen molar-refractivity contribution in [2.75, 3.05) is 13.1 Å². The fourth-order valence-corrected chi connectivity index (χ4v) is 3.16. The number of rotatable bonds is 4. The van der Waals surface area contributed by atoms with E-state index in [2.05, 4.69) is 31.3 Å². The van der Waals surface area contributed by atoms with Crippen molar-refractivity contribution in [1.82, 2.24) is 10.2 Å². The largest absolute Gasteiger partial charge is 0.459 e. The van der Waals surface area contributed by atoms with E-state index in [-0.39, 0.29) is 17.9 Å². The van der Waals surface area contributed by atoms with Gasteiger partial charge in [0.05, 0.1) is 12.7 Å². The molecule has 1 aliphatic heterocycles. The van der Waals surface area contributed by atoms with Crippen molar-refractivity contribution >= 4 is 11.8 Å². The summed E-state index contributed by atoms with van der Waals surface area (Å²) in [5, 5.41) is 3.10. The van der Waals surface area contributed by atoms with Gasteiger partial charge in [0.25, 0.3) is 5.91 Å². The van der Waals surface area contributed by atoms with Crippen LogP contribution < -0.4 is 5.32 Å². The van der Waals surface area contributed by atoms with Crippen molar-refractivity contribution in [2.45, 2.75) is 39.2 Å². The SMILES string of the molecule is Cc1ccc(CC(=O)NC2CCN(C(=O)c3ccco3)CC2)cc1C. The standard InChI is InChI=1S/C20H24N2O3/c1-14-5-6-16(12-15(14)2)13-19(23)21-17-7-9-22(10-8-17)20(24)18-4-3-11-25-18/h3-6,11-12,17H,7-10,13H2,1-2H3,(H,21,23). The molecule has 1 aliphatic rings. The highest BCUT2D eigenvalue weighted by Crippen LogP contribution is 2.15. The van der Waals surface area contributed by atoms with E-state index >= 15 is 0 Å². The number of hydrogen-bond donors (Lipinski definition) is 1. The van der Waals surface area contributed by atoms with Gasteiger partial charge in [0.1, 0.15) is 0 Å². The molecule has 1 saturated heterocycles. The van der Waals surface area contributed by atoms with E-state index in [0.29, 0.717) is 25.3 Å². The van der Waals surface area contributed by atoms with Gasteiger partial charge in [-0.25, -0.2) is 0 Å². The molecule has 3 rings (SSSR count). The van der Waals surface area contributed by atoms with Crippen LogP contribution in [0.1, 0.15) is 40.1 Å². The Balaban J connectivity index is 1.47. The summed E-state index contributed by atoms with van der Waals surface area (Å²) in [5.41, 5.74) is 3.47. The van der Waals surface area contributed by atoms with Gasteiger partial charge in [-0.05, 0) is 55.5 Å². The average molecular weight is 340 g/mol. The van der Waals surface area contributed by atoms with Gasteiger partial charge in [-0.2, -0.15) is 0 Å². The van der Waals surface area contributed by atoms with Gasteiger partial charge in [0, 0.05) is 19.1 Å². The van der Waals surface area contributed by atoms with Gasteiger partial charge in [-0.3, -0.25) is 9.59 Å². The number of furan rings is 1.